The molecule has 2 aromatic rings. The Labute approximate surface area is 107 Å². The molecule has 0 atom stereocenters. The van der Waals surface area contributed by atoms with Crippen LogP contribution in [0.3, 0.4) is 0 Å². The first kappa shape index (κ1) is 12.3. The van der Waals surface area contributed by atoms with E-state index < -0.39 is 9.05 Å². The van der Waals surface area contributed by atoms with Crippen molar-refractivity contribution >= 4 is 31.1 Å². The lowest BCUT2D eigenvalue weighted by Crippen LogP contribution is -1.97. The van der Waals surface area contributed by atoms with Gasteiger partial charge in [-0.2, -0.15) is 0 Å². The summed E-state index contributed by atoms with van der Waals surface area (Å²) in [6, 6.07) is 6.71. The maximum atomic E-state index is 11.0. The molecule has 0 aliphatic rings. The highest BCUT2D eigenvalue weighted by atomic mass is 35.7. The minimum Gasteiger partial charge on any atom is -0.472 e. The second-order valence-electron chi connectivity index (χ2n) is 3.14. The molecule has 0 bridgehead atoms. The van der Waals surface area contributed by atoms with Gasteiger partial charge in [0.2, 0.25) is 5.88 Å². The zero-order valence-electron chi connectivity index (χ0n) is 8.54. The number of ether oxygens (including phenoxy) is 1. The summed E-state index contributed by atoms with van der Waals surface area (Å²) >= 11 is 1.58. The molecule has 0 N–H and O–H groups in total. The van der Waals surface area contributed by atoms with E-state index in [0.29, 0.717) is 12.5 Å². The van der Waals surface area contributed by atoms with Crippen LogP contribution < -0.4 is 4.74 Å². The first-order valence-electron chi connectivity index (χ1n) is 4.61. The van der Waals surface area contributed by atoms with Gasteiger partial charge in [-0.25, -0.2) is 13.4 Å². The van der Waals surface area contributed by atoms with Crippen LogP contribution in [0.25, 0.3) is 0 Å². The molecule has 2 aromatic heterocycles. The summed E-state index contributed by atoms with van der Waals surface area (Å²) in [6.07, 6.45) is 1.17. The van der Waals surface area contributed by atoms with Crippen molar-refractivity contribution < 1.29 is 13.2 Å². The van der Waals surface area contributed by atoms with E-state index in [4.69, 9.17) is 15.4 Å². The fourth-order valence-electron chi connectivity index (χ4n) is 1.14. The van der Waals surface area contributed by atoms with Crippen LogP contribution >= 0.6 is 22.0 Å². The van der Waals surface area contributed by atoms with Crippen LogP contribution in [0.5, 0.6) is 5.88 Å². The van der Waals surface area contributed by atoms with Gasteiger partial charge in [-0.3, -0.25) is 0 Å². The molecule has 0 aromatic carbocycles. The number of rotatable bonds is 4. The number of pyridine rings is 1. The summed E-state index contributed by atoms with van der Waals surface area (Å²) < 4.78 is 27.3. The number of nitrogens with zero attached hydrogens (tertiary/aromatic N) is 1. The smallest absolute Gasteiger partial charge is 0.262 e. The summed E-state index contributed by atoms with van der Waals surface area (Å²) in [5, 5.41) is 1.95. The Hall–Kier alpha value is -1.11. The minimum absolute atomic E-state index is 0.0392. The summed E-state index contributed by atoms with van der Waals surface area (Å²) in [4.78, 5) is 4.89. The third-order valence-corrected chi connectivity index (χ3v) is 4.12. The molecule has 0 aliphatic carbocycles. The number of halogens is 1. The van der Waals surface area contributed by atoms with Crippen molar-refractivity contribution in [1.82, 2.24) is 4.98 Å². The first-order valence-corrected chi connectivity index (χ1v) is 7.80. The quantitative estimate of drug-likeness (QED) is 0.812. The normalized spacial score (nSPS) is 11.4. The Morgan fingerprint density at radius 2 is 2.18 bits per heavy atom. The number of hydrogen-bond donors (Lipinski definition) is 0. The molecule has 4 nitrogen and oxygen atoms in total. The SMILES string of the molecule is O=S(=O)(Cl)c1ccc(OCc2cccs2)nc1. The average Bonchev–Trinajstić information content (AvgIpc) is 2.78. The molecular formula is C10H8ClNO3S2. The van der Waals surface area contributed by atoms with E-state index >= 15 is 0 Å². The van der Waals surface area contributed by atoms with Gasteiger partial charge in [-0.1, -0.05) is 6.07 Å². The molecule has 2 heterocycles. The molecule has 90 valence electrons. The Morgan fingerprint density at radius 3 is 2.71 bits per heavy atom. The summed E-state index contributed by atoms with van der Waals surface area (Å²) in [6.45, 7) is 0.414. The zero-order chi connectivity index (χ0) is 12.3. The molecule has 0 radical (unpaired) electrons. The lowest BCUT2D eigenvalue weighted by atomic mass is 10.5. The van der Waals surface area contributed by atoms with Crippen molar-refractivity contribution in [2.75, 3.05) is 0 Å². The van der Waals surface area contributed by atoms with E-state index in [1.165, 1.54) is 18.3 Å². The fraction of sp³-hybridized carbons (Fsp3) is 0.100. The van der Waals surface area contributed by atoms with Gasteiger partial charge < -0.3 is 4.74 Å². The Balaban J connectivity index is 2.04. The highest BCUT2D eigenvalue weighted by Crippen LogP contribution is 2.17. The molecule has 0 aliphatic heterocycles. The second-order valence-corrected chi connectivity index (χ2v) is 6.74. The van der Waals surface area contributed by atoms with E-state index in [-0.39, 0.29) is 4.90 Å². The number of thiophene rings is 1. The van der Waals surface area contributed by atoms with Crippen molar-refractivity contribution in [2.45, 2.75) is 11.5 Å². The van der Waals surface area contributed by atoms with Crippen molar-refractivity contribution in [1.29, 1.82) is 0 Å². The highest BCUT2D eigenvalue weighted by Gasteiger charge is 2.10. The zero-order valence-corrected chi connectivity index (χ0v) is 10.9. The molecule has 17 heavy (non-hydrogen) atoms. The minimum atomic E-state index is -3.72. The number of aromatic nitrogens is 1. The molecule has 0 fully saturated rings. The summed E-state index contributed by atoms with van der Waals surface area (Å²) in [7, 11) is 1.44. The van der Waals surface area contributed by atoms with Crippen LogP contribution in [0.4, 0.5) is 0 Å². The van der Waals surface area contributed by atoms with Crippen LogP contribution in [-0.4, -0.2) is 13.4 Å². The van der Waals surface area contributed by atoms with Crippen molar-refractivity contribution in [3.63, 3.8) is 0 Å². The third kappa shape index (κ3) is 3.42. The monoisotopic (exact) mass is 289 g/mol. The molecule has 0 saturated heterocycles. The van der Waals surface area contributed by atoms with Crippen LogP contribution in [0, 0.1) is 0 Å². The van der Waals surface area contributed by atoms with Crippen LogP contribution in [0.2, 0.25) is 0 Å². The molecule has 0 unspecified atom stereocenters. The average molecular weight is 290 g/mol. The van der Waals surface area contributed by atoms with Gasteiger partial charge in [0.15, 0.2) is 0 Å². The van der Waals surface area contributed by atoms with Gasteiger partial charge in [0.1, 0.15) is 11.5 Å². The predicted molar refractivity (Wildman–Crippen MR) is 65.9 cm³/mol. The van der Waals surface area contributed by atoms with E-state index in [1.807, 2.05) is 17.5 Å². The van der Waals surface area contributed by atoms with E-state index in [2.05, 4.69) is 4.98 Å². The van der Waals surface area contributed by atoms with Crippen molar-refractivity contribution in [3.05, 3.63) is 40.7 Å². The molecule has 0 saturated carbocycles. The molecular weight excluding hydrogens is 282 g/mol. The lowest BCUT2D eigenvalue weighted by Gasteiger charge is -2.03. The standard InChI is InChI=1S/C10H8ClNO3S2/c11-17(13,14)9-3-4-10(12-6-9)15-7-8-2-1-5-16-8/h1-6H,7H2. The van der Waals surface area contributed by atoms with Gasteiger partial charge in [0, 0.05) is 21.6 Å². The maximum Gasteiger partial charge on any atom is 0.262 e. The Kier molecular flexibility index (Phi) is 3.66. The van der Waals surface area contributed by atoms with Crippen LogP contribution in [-0.2, 0) is 15.7 Å². The van der Waals surface area contributed by atoms with Gasteiger partial charge in [0.25, 0.3) is 9.05 Å². The summed E-state index contributed by atoms with van der Waals surface area (Å²) in [5.41, 5.74) is 0. The van der Waals surface area contributed by atoms with Gasteiger partial charge in [-0.15, -0.1) is 11.3 Å². The predicted octanol–water partition coefficient (Wildman–Crippen LogP) is 2.65. The van der Waals surface area contributed by atoms with Gasteiger partial charge in [0.05, 0.1) is 6.20 Å². The molecule has 0 amide bonds. The van der Waals surface area contributed by atoms with Crippen LogP contribution in [0.1, 0.15) is 4.88 Å². The molecule has 0 spiro atoms. The Morgan fingerprint density at radius 1 is 1.35 bits per heavy atom. The van der Waals surface area contributed by atoms with Crippen molar-refractivity contribution in [3.8, 4) is 5.88 Å². The largest absolute Gasteiger partial charge is 0.472 e. The first-order chi connectivity index (χ1) is 8.05. The van der Waals surface area contributed by atoms with Gasteiger partial charge >= 0.3 is 0 Å². The molecule has 2 rings (SSSR count). The van der Waals surface area contributed by atoms with E-state index in [9.17, 15) is 8.42 Å². The fourth-order valence-corrected chi connectivity index (χ4v) is 2.44. The third-order valence-electron chi connectivity index (χ3n) is 1.93. The highest BCUT2D eigenvalue weighted by molar-refractivity contribution is 8.13. The maximum absolute atomic E-state index is 11.0. The van der Waals surface area contributed by atoms with Crippen LogP contribution in [0.15, 0.2) is 40.7 Å². The lowest BCUT2D eigenvalue weighted by molar-refractivity contribution is 0.297. The van der Waals surface area contributed by atoms with E-state index in [0.717, 1.165) is 4.88 Å². The Bertz CT molecular complexity index is 579. The second kappa shape index (κ2) is 5.03. The van der Waals surface area contributed by atoms with Crippen molar-refractivity contribution in [2.24, 2.45) is 0 Å². The summed E-state index contributed by atoms with van der Waals surface area (Å²) in [5.74, 6) is 0.363. The molecule has 7 heteroatoms. The topological polar surface area (TPSA) is 56.3 Å². The van der Waals surface area contributed by atoms with Gasteiger partial charge in [-0.05, 0) is 17.5 Å². The number of hydrogen-bond acceptors (Lipinski definition) is 5. The van der Waals surface area contributed by atoms with E-state index in [1.54, 1.807) is 11.3 Å².